The number of carbonyl (C=O) groups excluding carboxylic acids is 1. The predicted molar refractivity (Wildman–Crippen MR) is 143 cm³/mol. The minimum Gasteiger partial charge on any atom is -0.492 e. The van der Waals surface area contributed by atoms with Gasteiger partial charge >= 0.3 is 12.1 Å². The van der Waals surface area contributed by atoms with Crippen molar-refractivity contribution >= 4 is 12.1 Å². The molecule has 0 fully saturated rings. The van der Waals surface area contributed by atoms with Gasteiger partial charge in [0.15, 0.2) is 5.60 Å². The van der Waals surface area contributed by atoms with Gasteiger partial charge in [0.05, 0.1) is 13.2 Å². The van der Waals surface area contributed by atoms with Crippen molar-refractivity contribution in [2.45, 2.75) is 59.5 Å². The van der Waals surface area contributed by atoms with Crippen molar-refractivity contribution in [3.8, 4) is 11.5 Å². The molecule has 0 aliphatic heterocycles. The molecule has 0 bridgehead atoms. The average molecular weight is 552 g/mol. The van der Waals surface area contributed by atoms with E-state index in [1.807, 2.05) is 32.9 Å². The van der Waals surface area contributed by atoms with E-state index in [1.165, 1.54) is 18.7 Å². The van der Waals surface area contributed by atoms with Crippen LogP contribution in [0.15, 0.2) is 36.4 Å². The van der Waals surface area contributed by atoms with Gasteiger partial charge in [-0.2, -0.15) is 0 Å². The number of hydrogen-bond acceptors (Lipinski definition) is 6. The summed E-state index contributed by atoms with van der Waals surface area (Å²) in [5, 5.41) is 9.58. The monoisotopic (exact) mass is 551 g/mol. The Morgan fingerprint density at radius 1 is 0.974 bits per heavy atom. The quantitative estimate of drug-likeness (QED) is 0.276. The van der Waals surface area contributed by atoms with E-state index in [1.54, 1.807) is 31.2 Å². The lowest BCUT2D eigenvalue weighted by Gasteiger charge is -2.25. The summed E-state index contributed by atoms with van der Waals surface area (Å²) in [6.07, 6.45) is -0.989. The minimum atomic E-state index is -2.93. The molecule has 2 aromatic rings. The van der Waals surface area contributed by atoms with Crippen LogP contribution in [0.5, 0.6) is 11.5 Å². The molecule has 39 heavy (non-hydrogen) atoms. The fourth-order valence-electron chi connectivity index (χ4n) is 3.97. The fraction of sp³-hybridized carbons (Fsp3) is 0.517. The van der Waals surface area contributed by atoms with E-state index in [4.69, 9.17) is 18.9 Å². The lowest BCUT2D eigenvalue weighted by Crippen LogP contribution is -2.39. The number of ether oxygens (including phenoxy) is 4. The molecule has 0 aromatic heterocycles. The van der Waals surface area contributed by atoms with E-state index in [9.17, 15) is 23.5 Å². The van der Waals surface area contributed by atoms with Crippen molar-refractivity contribution < 1.29 is 42.4 Å². The van der Waals surface area contributed by atoms with Crippen LogP contribution in [0.2, 0.25) is 0 Å². The Morgan fingerprint density at radius 3 is 2.10 bits per heavy atom. The molecule has 0 aliphatic carbocycles. The topological polar surface area (TPSA) is 94.5 Å². The van der Waals surface area contributed by atoms with Gasteiger partial charge in [0.25, 0.3) is 5.92 Å². The van der Waals surface area contributed by atoms with Gasteiger partial charge < -0.3 is 29.0 Å². The number of halogens is 2. The van der Waals surface area contributed by atoms with Crippen molar-refractivity contribution in [2.24, 2.45) is 0 Å². The maximum absolute atomic E-state index is 13.5. The van der Waals surface area contributed by atoms with Crippen LogP contribution in [0.25, 0.3) is 0 Å². The lowest BCUT2D eigenvalue weighted by atomic mass is 9.96. The number of rotatable bonds is 15. The Kier molecular flexibility index (Phi) is 11.7. The highest BCUT2D eigenvalue weighted by Gasteiger charge is 2.36. The van der Waals surface area contributed by atoms with Gasteiger partial charge in [-0.25, -0.2) is 18.4 Å². The smallest absolute Gasteiger partial charge is 0.415 e. The summed E-state index contributed by atoms with van der Waals surface area (Å²) in [6, 6.07) is 10.3. The molecule has 0 saturated heterocycles. The Bertz CT molecular complexity index is 1080. The number of carboxylic acid groups (broad SMARTS) is 1. The maximum Gasteiger partial charge on any atom is 0.415 e. The van der Waals surface area contributed by atoms with Crippen molar-refractivity contribution in [1.82, 2.24) is 4.90 Å². The second-order valence-corrected chi connectivity index (χ2v) is 9.49. The first kappa shape index (κ1) is 32.0. The number of carbonyl (C=O) groups is 2. The second-order valence-electron chi connectivity index (χ2n) is 9.49. The molecule has 2 rings (SSSR count). The van der Waals surface area contributed by atoms with E-state index in [-0.39, 0.29) is 39.3 Å². The van der Waals surface area contributed by atoms with Crippen LogP contribution in [0, 0.1) is 20.8 Å². The Balaban J connectivity index is 2.07. The lowest BCUT2D eigenvalue weighted by molar-refractivity contribution is -0.164. The zero-order chi connectivity index (χ0) is 29.2. The highest BCUT2D eigenvalue weighted by atomic mass is 19.3. The van der Waals surface area contributed by atoms with Crippen LogP contribution in [-0.4, -0.2) is 67.5 Å². The molecule has 0 saturated carbocycles. The third-order valence-electron chi connectivity index (χ3n) is 6.26. The molecule has 8 nitrogen and oxygen atoms in total. The zero-order valence-corrected chi connectivity index (χ0v) is 23.5. The number of carboxylic acids is 1. The first-order valence-corrected chi connectivity index (χ1v) is 12.9. The normalized spacial score (nSPS) is 13.0. The van der Waals surface area contributed by atoms with E-state index < -0.39 is 30.2 Å². The Labute approximate surface area is 228 Å². The largest absolute Gasteiger partial charge is 0.492 e. The molecule has 0 heterocycles. The molecule has 10 heteroatoms. The van der Waals surface area contributed by atoms with Gasteiger partial charge in [-0.15, -0.1) is 0 Å². The number of nitrogens with zero attached hydrogens (tertiary/aromatic N) is 1. The van der Waals surface area contributed by atoms with Gasteiger partial charge in [0.2, 0.25) is 0 Å². The van der Waals surface area contributed by atoms with Crippen molar-refractivity contribution in [3.05, 3.63) is 58.7 Å². The van der Waals surface area contributed by atoms with Crippen LogP contribution < -0.4 is 9.47 Å². The minimum absolute atomic E-state index is 0.0240. The zero-order valence-electron chi connectivity index (χ0n) is 23.5. The number of aryl methyl sites for hydroxylation is 3. The van der Waals surface area contributed by atoms with E-state index >= 15 is 0 Å². The van der Waals surface area contributed by atoms with Crippen LogP contribution in [0.4, 0.5) is 13.6 Å². The van der Waals surface area contributed by atoms with Crippen LogP contribution in [0.1, 0.15) is 49.4 Å². The second kappa shape index (κ2) is 14.2. The molecule has 0 radical (unpaired) electrons. The van der Waals surface area contributed by atoms with Gasteiger partial charge in [0, 0.05) is 19.6 Å². The standard InChI is InChI=1S/C29H39F2NO7/c1-7-29(30,31)19-36-15-13-32(27(35)39-25-21(4)17-20(3)18-22(25)5)14-16-37-24-11-9-23(10-12-24)28(6,26(33)34)38-8-2/h9-12,17-18H,7-8,13-16,19H2,1-6H3,(H,33,34). The molecule has 2 aromatic carbocycles. The molecule has 1 N–H and O–H groups in total. The van der Waals surface area contributed by atoms with Crippen LogP contribution in [-0.2, 0) is 19.9 Å². The van der Waals surface area contributed by atoms with Gasteiger partial charge in [-0.05, 0) is 63.4 Å². The van der Waals surface area contributed by atoms with Crippen molar-refractivity contribution in [1.29, 1.82) is 0 Å². The molecule has 0 spiro atoms. The number of hydrogen-bond donors (Lipinski definition) is 1. The first-order chi connectivity index (χ1) is 18.3. The molecule has 1 atom stereocenters. The van der Waals surface area contributed by atoms with Crippen LogP contribution in [0.3, 0.4) is 0 Å². The van der Waals surface area contributed by atoms with Gasteiger partial charge in [-0.1, -0.05) is 36.8 Å². The summed E-state index contributed by atoms with van der Waals surface area (Å²) < 4.78 is 49.1. The summed E-state index contributed by atoms with van der Waals surface area (Å²) in [7, 11) is 0. The summed E-state index contributed by atoms with van der Waals surface area (Å²) >= 11 is 0. The molecular weight excluding hydrogens is 512 g/mol. The highest BCUT2D eigenvalue weighted by molar-refractivity contribution is 5.79. The highest BCUT2D eigenvalue weighted by Crippen LogP contribution is 2.28. The van der Waals surface area contributed by atoms with Gasteiger partial charge in [0.1, 0.15) is 24.7 Å². The predicted octanol–water partition coefficient (Wildman–Crippen LogP) is 5.89. The van der Waals surface area contributed by atoms with Gasteiger partial charge in [-0.3, -0.25) is 0 Å². The third-order valence-corrected chi connectivity index (χ3v) is 6.26. The molecule has 216 valence electrons. The molecular formula is C29H39F2NO7. The van der Waals surface area contributed by atoms with Crippen molar-refractivity contribution in [2.75, 3.05) is 39.5 Å². The van der Waals surface area contributed by atoms with E-state index in [0.29, 0.717) is 17.1 Å². The first-order valence-electron chi connectivity index (χ1n) is 12.9. The number of amides is 1. The fourth-order valence-corrected chi connectivity index (χ4v) is 3.97. The van der Waals surface area contributed by atoms with Crippen molar-refractivity contribution in [3.63, 3.8) is 0 Å². The molecule has 1 unspecified atom stereocenters. The third kappa shape index (κ3) is 9.18. The summed E-state index contributed by atoms with van der Waals surface area (Å²) in [5.74, 6) is -3.14. The SMILES string of the molecule is CCOC(C)(C(=O)O)c1ccc(OCCN(CCOCC(F)(F)CC)C(=O)Oc2c(C)cc(C)cc2C)cc1. The van der Waals surface area contributed by atoms with Crippen LogP contribution >= 0.6 is 0 Å². The maximum atomic E-state index is 13.5. The average Bonchev–Trinajstić information content (AvgIpc) is 2.87. The Morgan fingerprint density at radius 2 is 1.56 bits per heavy atom. The van der Waals surface area contributed by atoms with E-state index in [0.717, 1.165) is 16.7 Å². The number of benzene rings is 2. The molecule has 0 aliphatic rings. The number of aliphatic carboxylic acids is 1. The Hall–Kier alpha value is -3.24. The van der Waals surface area contributed by atoms with E-state index in [2.05, 4.69) is 0 Å². The summed E-state index contributed by atoms with van der Waals surface area (Å²) in [6.45, 7) is 9.81. The summed E-state index contributed by atoms with van der Waals surface area (Å²) in [5.41, 5.74) is 1.61. The number of alkyl halides is 2. The molecule has 1 amide bonds. The summed E-state index contributed by atoms with van der Waals surface area (Å²) in [4.78, 5) is 26.1.